The zero-order chi connectivity index (χ0) is 14.8. The van der Waals surface area contributed by atoms with Crippen molar-refractivity contribution in [2.45, 2.75) is 12.5 Å². The Bertz CT molecular complexity index is 724. The largest absolute Gasteiger partial charge is 0.497 e. The summed E-state index contributed by atoms with van der Waals surface area (Å²) in [4.78, 5) is 5.50. The summed E-state index contributed by atoms with van der Waals surface area (Å²) in [6, 6.07) is 4.81. The van der Waals surface area contributed by atoms with Crippen LogP contribution in [0.1, 0.15) is 17.3 Å². The van der Waals surface area contributed by atoms with Crippen LogP contribution in [0.4, 0.5) is 4.39 Å². The van der Waals surface area contributed by atoms with Crippen molar-refractivity contribution in [3.8, 4) is 5.75 Å². The Labute approximate surface area is 126 Å². The summed E-state index contributed by atoms with van der Waals surface area (Å²) < 4.78 is 21.2. The number of aromatic nitrogens is 2. The summed E-state index contributed by atoms with van der Waals surface area (Å²) in [5.74, 6) is 0.253. The average molecular weight is 305 g/mol. The van der Waals surface area contributed by atoms with Crippen LogP contribution in [-0.4, -0.2) is 23.5 Å². The lowest BCUT2D eigenvalue weighted by atomic mass is 10.0. The molecule has 0 amide bonds. The SMILES string of the molecule is CNC(Cc1cn2ccsc2n1)c1ccc(OC)cc1F. The maximum absolute atomic E-state index is 14.2. The quantitative estimate of drug-likeness (QED) is 0.787. The zero-order valence-corrected chi connectivity index (χ0v) is 12.7. The molecule has 1 unspecified atom stereocenters. The fourth-order valence-electron chi connectivity index (χ4n) is 2.37. The summed E-state index contributed by atoms with van der Waals surface area (Å²) in [7, 11) is 3.36. The van der Waals surface area contributed by atoms with E-state index < -0.39 is 0 Å². The van der Waals surface area contributed by atoms with Gasteiger partial charge < -0.3 is 10.1 Å². The molecule has 3 aromatic rings. The Morgan fingerprint density at radius 2 is 2.33 bits per heavy atom. The Morgan fingerprint density at radius 1 is 1.48 bits per heavy atom. The topological polar surface area (TPSA) is 38.6 Å². The number of nitrogens with zero attached hydrogens (tertiary/aromatic N) is 2. The third kappa shape index (κ3) is 2.77. The highest BCUT2D eigenvalue weighted by Gasteiger charge is 2.17. The van der Waals surface area contributed by atoms with Crippen LogP contribution in [0.15, 0.2) is 36.0 Å². The van der Waals surface area contributed by atoms with Crippen molar-refractivity contribution >= 4 is 16.3 Å². The van der Waals surface area contributed by atoms with Gasteiger partial charge in [-0.25, -0.2) is 9.37 Å². The van der Waals surface area contributed by atoms with Crippen molar-refractivity contribution in [1.29, 1.82) is 0 Å². The van der Waals surface area contributed by atoms with Crippen molar-refractivity contribution in [1.82, 2.24) is 14.7 Å². The summed E-state index contributed by atoms with van der Waals surface area (Å²) >= 11 is 1.59. The Kier molecular flexibility index (Phi) is 3.90. The highest BCUT2D eigenvalue weighted by atomic mass is 32.1. The number of ether oxygens (including phenoxy) is 1. The number of hydrogen-bond donors (Lipinski definition) is 1. The standard InChI is InChI=1S/C15H16FN3OS/c1-17-14(12-4-3-11(20-2)8-13(12)16)7-10-9-19-5-6-21-15(19)18-10/h3-6,8-9,14,17H,7H2,1-2H3. The summed E-state index contributed by atoms with van der Waals surface area (Å²) in [6.07, 6.45) is 4.59. The Balaban J connectivity index is 1.86. The van der Waals surface area contributed by atoms with E-state index in [0.29, 0.717) is 17.7 Å². The first-order valence-corrected chi connectivity index (χ1v) is 7.51. The molecule has 2 heterocycles. The molecule has 1 atom stereocenters. The number of nitrogens with one attached hydrogen (secondary N) is 1. The van der Waals surface area contributed by atoms with Gasteiger partial charge in [0.2, 0.25) is 0 Å². The van der Waals surface area contributed by atoms with E-state index in [1.54, 1.807) is 23.5 Å². The number of halogens is 1. The number of thiazole rings is 1. The van der Waals surface area contributed by atoms with Gasteiger partial charge in [-0.05, 0) is 13.1 Å². The van der Waals surface area contributed by atoms with Crippen LogP contribution >= 0.6 is 11.3 Å². The molecular weight excluding hydrogens is 289 g/mol. The smallest absolute Gasteiger partial charge is 0.193 e. The zero-order valence-electron chi connectivity index (χ0n) is 11.8. The highest BCUT2D eigenvalue weighted by molar-refractivity contribution is 7.15. The lowest BCUT2D eigenvalue weighted by Crippen LogP contribution is -2.20. The minimum atomic E-state index is -0.269. The molecule has 0 radical (unpaired) electrons. The van der Waals surface area contributed by atoms with E-state index in [2.05, 4.69) is 10.3 Å². The van der Waals surface area contributed by atoms with E-state index in [0.717, 1.165) is 10.7 Å². The normalized spacial score (nSPS) is 12.7. The van der Waals surface area contributed by atoms with Gasteiger partial charge >= 0.3 is 0 Å². The van der Waals surface area contributed by atoms with E-state index in [1.165, 1.54) is 13.2 Å². The molecule has 6 heteroatoms. The molecule has 2 aromatic heterocycles. The molecule has 0 saturated carbocycles. The molecule has 110 valence electrons. The van der Waals surface area contributed by atoms with Crippen molar-refractivity contribution in [2.24, 2.45) is 0 Å². The van der Waals surface area contributed by atoms with Crippen molar-refractivity contribution in [3.05, 3.63) is 53.0 Å². The second-order valence-corrected chi connectivity index (χ2v) is 5.63. The van der Waals surface area contributed by atoms with Gasteiger partial charge in [-0.1, -0.05) is 6.07 Å². The number of rotatable bonds is 5. The fraction of sp³-hybridized carbons (Fsp3) is 0.267. The van der Waals surface area contributed by atoms with Crippen LogP contribution in [0.3, 0.4) is 0 Å². The first kappa shape index (κ1) is 14.0. The van der Waals surface area contributed by atoms with Crippen molar-refractivity contribution in [3.63, 3.8) is 0 Å². The van der Waals surface area contributed by atoms with Gasteiger partial charge in [-0.3, -0.25) is 4.40 Å². The van der Waals surface area contributed by atoms with Crippen molar-refractivity contribution < 1.29 is 9.13 Å². The van der Waals surface area contributed by atoms with E-state index in [9.17, 15) is 4.39 Å². The number of methoxy groups -OCH3 is 1. The average Bonchev–Trinajstić information content (AvgIpc) is 3.06. The van der Waals surface area contributed by atoms with Crippen LogP contribution in [-0.2, 0) is 6.42 Å². The predicted octanol–water partition coefficient (Wildman–Crippen LogP) is 3.05. The molecule has 4 nitrogen and oxygen atoms in total. The fourth-order valence-corrected chi connectivity index (χ4v) is 3.09. The molecule has 0 aliphatic heterocycles. The number of likely N-dealkylation sites (N-methyl/N-ethyl adjacent to an activating group) is 1. The molecule has 0 aliphatic rings. The van der Waals surface area contributed by atoms with Gasteiger partial charge in [-0.2, -0.15) is 0 Å². The molecule has 0 spiro atoms. The highest BCUT2D eigenvalue weighted by Crippen LogP contribution is 2.25. The monoisotopic (exact) mass is 305 g/mol. The van der Waals surface area contributed by atoms with Crippen LogP contribution in [0.5, 0.6) is 5.75 Å². The van der Waals surface area contributed by atoms with Gasteiger partial charge in [0.1, 0.15) is 11.6 Å². The summed E-state index contributed by atoms with van der Waals surface area (Å²) in [5.41, 5.74) is 1.56. The van der Waals surface area contributed by atoms with Crippen molar-refractivity contribution in [2.75, 3.05) is 14.2 Å². The van der Waals surface area contributed by atoms with Gasteiger partial charge in [0.25, 0.3) is 0 Å². The molecule has 0 fully saturated rings. The summed E-state index contributed by atoms with van der Waals surface area (Å²) in [5, 5.41) is 5.15. The molecule has 3 rings (SSSR count). The summed E-state index contributed by atoms with van der Waals surface area (Å²) in [6.45, 7) is 0. The van der Waals surface area contributed by atoms with Gasteiger partial charge in [0, 0.05) is 41.9 Å². The van der Waals surface area contributed by atoms with E-state index in [1.807, 2.05) is 29.2 Å². The Morgan fingerprint density at radius 3 is 3.00 bits per heavy atom. The van der Waals surface area contributed by atoms with Gasteiger partial charge in [0.05, 0.1) is 12.8 Å². The first-order valence-electron chi connectivity index (χ1n) is 6.63. The van der Waals surface area contributed by atoms with Gasteiger partial charge in [0.15, 0.2) is 4.96 Å². The third-order valence-electron chi connectivity index (χ3n) is 3.49. The number of imidazole rings is 1. The second-order valence-electron chi connectivity index (χ2n) is 4.76. The molecule has 0 saturated heterocycles. The van der Waals surface area contributed by atoms with Crippen LogP contribution in [0, 0.1) is 5.82 Å². The maximum Gasteiger partial charge on any atom is 0.193 e. The second kappa shape index (κ2) is 5.83. The number of benzene rings is 1. The minimum Gasteiger partial charge on any atom is -0.497 e. The minimum absolute atomic E-state index is 0.125. The number of fused-ring (bicyclic) bond motifs is 1. The maximum atomic E-state index is 14.2. The lowest BCUT2D eigenvalue weighted by molar-refractivity contribution is 0.409. The predicted molar refractivity (Wildman–Crippen MR) is 81.5 cm³/mol. The van der Waals surface area contributed by atoms with Crippen LogP contribution in [0.2, 0.25) is 0 Å². The van der Waals surface area contributed by atoms with E-state index in [-0.39, 0.29) is 11.9 Å². The lowest BCUT2D eigenvalue weighted by Gasteiger charge is -2.16. The van der Waals surface area contributed by atoms with Crippen LogP contribution in [0.25, 0.3) is 4.96 Å². The van der Waals surface area contributed by atoms with E-state index >= 15 is 0 Å². The molecule has 0 aliphatic carbocycles. The Hall–Kier alpha value is -1.92. The van der Waals surface area contributed by atoms with Gasteiger partial charge in [-0.15, -0.1) is 11.3 Å². The number of hydrogen-bond acceptors (Lipinski definition) is 4. The molecule has 1 N–H and O–H groups in total. The molecular formula is C15H16FN3OS. The first-order chi connectivity index (χ1) is 10.2. The third-order valence-corrected chi connectivity index (χ3v) is 4.26. The molecule has 21 heavy (non-hydrogen) atoms. The molecule has 1 aromatic carbocycles. The van der Waals surface area contributed by atoms with Crippen LogP contribution < -0.4 is 10.1 Å². The van der Waals surface area contributed by atoms with E-state index in [4.69, 9.17) is 4.74 Å². The molecule has 0 bridgehead atoms.